The number of rotatable bonds is 5. The summed E-state index contributed by atoms with van der Waals surface area (Å²) < 4.78 is 33.2. The minimum absolute atomic E-state index is 0.00442. The molecule has 1 N–H and O–H groups in total. The van der Waals surface area contributed by atoms with Crippen LogP contribution in [0.3, 0.4) is 0 Å². The number of aryl methyl sites for hydroxylation is 2. The van der Waals surface area contributed by atoms with E-state index in [0.29, 0.717) is 23.1 Å². The molecule has 0 atom stereocenters. The Labute approximate surface area is 183 Å². The number of nitrogens with zero attached hydrogens (tertiary/aromatic N) is 1. The smallest absolute Gasteiger partial charge is 0.282 e. The molecular weight excluding hydrogens is 414 g/mol. The molecule has 0 saturated carbocycles. The van der Waals surface area contributed by atoms with Gasteiger partial charge in [-0.05, 0) is 54.8 Å². The lowest BCUT2D eigenvalue weighted by Gasteiger charge is -2.16. The van der Waals surface area contributed by atoms with Crippen molar-refractivity contribution >= 4 is 28.8 Å². The second-order valence-corrected chi connectivity index (χ2v) is 7.45. The van der Waals surface area contributed by atoms with Crippen molar-refractivity contribution in [2.75, 3.05) is 17.3 Å². The van der Waals surface area contributed by atoms with E-state index >= 15 is 0 Å². The zero-order chi connectivity index (χ0) is 23.0. The predicted molar refractivity (Wildman–Crippen MR) is 118 cm³/mol. The fraction of sp³-hybridized carbons (Fsp3) is 0.120. The van der Waals surface area contributed by atoms with E-state index in [1.54, 1.807) is 36.4 Å². The van der Waals surface area contributed by atoms with Gasteiger partial charge in [-0.2, -0.15) is 0 Å². The number of carbonyl (C=O) groups excluding carboxylic acids is 2. The Balaban J connectivity index is 1.86. The average molecular weight is 434 g/mol. The molecule has 3 aromatic carbocycles. The van der Waals surface area contributed by atoms with Crippen molar-refractivity contribution < 1.29 is 23.1 Å². The second-order valence-electron chi connectivity index (χ2n) is 7.45. The Kier molecular flexibility index (Phi) is 5.48. The van der Waals surface area contributed by atoms with Gasteiger partial charge in [-0.1, -0.05) is 24.3 Å². The van der Waals surface area contributed by atoms with Crippen molar-refractivity contribution in [1.29, 1.82) is 0 Å². The number of carbonyl (C=O) groups is 2. The van der Waals surface area contributed by atoms with Crippen LogP contribution < -0.4 is 15.0 Å². The van der Waals surface area contributed by atoms with Crippen LogP contribution in [0.5, 0.6) is 5.75 Å². The van der Waals surface area contributed by atoms with E-state index in [-0.39, 0.29) is 17.0 Å². The van der Waals surface area contributed by atoms with Crippen molar-refractivity contribution in [1.82, 2.24) is 0 Å². The first kappa shape index (κ1) is 21.2. The van der Waals surface area contributed by atoms with Gasteiger partial charge >= 0.3 is 0 Å². The van der Waals surface area contributed by atoms with Gasteiger partial charge in [0.2, 0.25) is 0 Å². The molecule has 0 aliphatic carbocycles. The van der Waals surface area contributed by atoms with Crippen LogP contribution in [-0.4, -0.2) is 18.9 Å². The molecule has 0 saturated heterocycles. The molecule has 0 spiro atoms. The highest BCUT2D eigenvalue weighted by Crippen LogP contribution is 2.36. The number of halogens is 2. The molecule has 3 aromatic rings. The first-order valence-electron chi connectivity index (χ1n) is 9.87. The van der Waals surface area contributed by atoms with Crippen LogP contribution in [0.4, 0.5) is 20.2 Å². The van der Waals surface area contributed by atoms with E-state index < -0.39 is 23.4 Å². The summed E-state index contributed by atoms with van der Waals surface area (Å²) in [6, 6.07) is 15.0. The quantitative estimate of drug-likeness (QED) is 0.575. The maximum absolute atomic E-state index is 14.5. The highest BCUT2D eigenvalue weighted by Gasteiger charge is 2.41. The van der Waals surface area contributed by atoms with Gasteiger partial charge in [-0.3, -0.25) is 9.59 Å². The molecule has 32 heavy (non-hydrogen) atoms. The van der Waals surface area contributed by atoms with E-state index in [0.717, 1.165) is 28.2 Å². The third-order valence-electron chi connectivity index (χ3n) is 5.37. The Morgan fingerprint density at radius 1 is 0.875 bits per heavy atom. The van der Waals surface area contributed by atoms with Gasteiger partial charge in [0.25, 0.3) is 11.8 Å². The predicted octanol–water partition coefficient (Wildman–Crippen LogP) is 4.99. The van der Waals surface area contributed by atoms with Gasteiger partial charge in [0.05, 0.1) is 18.4 Å². The number of hydrogen-bond acceptors (Lipinski definition) is 4. The van der Waals surface area contributed by atoms with Crippen LogP contribution in [0.25, 0.3) is 5.57 Å². The third kappa shape index (κ3) is 3.73. The summed E-state index contributed by atoms with van der Waals surface area (Å²) in [5.41, 5.74) is 2.77. The topological polar surface area (TPSA) is 58.6 Å². The number of amides is 2. The molecule has 5 nitrogen and oxygen atoms in total. The Morgan fingerprint density at radius 2 is 1.66 bits per heavy atom. The minimum Gasteiger partial charge on any atom is -0.497 e. The Hall–Kier alpha value is -4.00. The standard InChI is InChI=1S/C25H20F2N2O3/c1-14-7-8-16(11-15(14)2)22-23(28-18-5-4-6-19(13-18)32-3)25(31)29(24(22)30)21-10-9-17(26)12-20(21)27/h4-13,28H,1-3H3. The van der Waals surface area contributed by atoms with E-state index in [1.165, 1.54) is 7.11 Å². The SMILES string of the molecule is COc1cccc(NC2=C(c3ccc(C)c(C)c3)C(=O)N(c3ccc(F)cc3F)C2=O)c1. The van der Waals surface area contributed by atoms with Gasteiger partial charge in [0.15, 0.2) is 0 Å². The van der Waals surface area contributed by atoms with Gasteiger partial charge in [0.1, 0.15) is 23.1 Å². The third-order valence-corrected chi connectivity index (χ3v) is 5.37. The van der Waals surface area contributed by atoms with Crippen LogP contribution >= 0.6 is 0 Å². The number of imide groups is 1. The van der Waals surface area contributed by atoms with Crippen molar-refractivity contribution in [3.8, 4) is 5.75 Å². The lowest BCUT2D eigenvalue weighted by Crippen LogP contribution is -2.33. The first-order chi connectivity index (χ1) is 15.3. The van der Waals surface area contributed by atoms with Gasteiger partial charge < -0.3 is 10.1 Å². The van der Waals surface area contributed by atoms with Crippen molar-refractivity contribution in [3.63, 3.8) is 0 Å². The summed E-state index contributed by atoms with van der Waals surface area (Å²) in [7, 11) is 1.52. The largest absolute Gasteiger partial charge is 0.497 e. The summed E-state index contributed by atoms with van der Waals surface area (Å²) in [5.74, 6) is -2.69. The van der Waals surface area contributed by atoms with Gasteiger partial charge in [0, 0.05) is 17.8 Å². The van der Waals surface area contributed by atoms with Crippen molar-refractivity contribution in [3.05, 3.63) is 94.7 Å². The molecule has 0 fully saturated rings. The van der Waals surface area contributed by atoms with E-state index in [4.69, 9.17) is 4.74 Å². The Morgan fingerprint density at radius 3 is 2.34 bits per heavy atom. The monoisotopic (exact) mass is 434 g/mol. The van der Waals surface area contributed by atoms with Crippen molar-refractivity contribution in [2.45, 2.75) is 13.8 Å². The number of nitrogens with one attached hydrogen (secondary N) is 1. The molecule has 4 rings (SSSR count). The molecule has 1 heterocycles. The van der Waals surface area contributed by atoms with E-state index in [1.807, 2.05) is 19.9 Å². The van der Waals surface area contributed by atoms with Crippen LogP contribution in [0.2, 0.25) is 0 Å². The molecule has 0 unspecified atom stereocenters. The zero-order valence-corrected chi connectivity index (χ0v) is 17.7. The van der Waals surface area contributed by atoms with Crippen LogP contribution in [0.15, 0.2) is 66.4 Å². The van der Waals surface area contributed by atoms with Crippen LogP contribution in [0, 0.1) is 25.5 Å². The average Bonchev–Trinajstić information content (AvgIpc) is 3.00. The van der Waals surface area contributed by atoms with Gasteiger partial charge in [-0.15, -0.1) is 0 Å². The molecule has 1 aliphatic rings. The molecular formula is C25H20F2N2O3. The fourth-order valence-electron chi connectivity index (χ4n) is 3.54. The van der Waals surface area contributed by atoms with Crippen molar-refractivity contribution in [2.24, 2.45) is 0 Å². The molecule has 0 aromatic heterocycles. The molecule has 0 radical (unpaired) electrons. The Bertz CT molecular complexity index is 1280. The maximum atomic E-state index is 14.5. The number of hydrogen-bond donors (Lipinski definition) is 1. The lowest BCUT2D eigenvalue weighted by atomic mass is 9.99. The first-order valence-corrected chi connectivity index (χ1v) is 9.87. The number of anilines is 2. The highest BCUT2D eigenvalue weighted by atomic mass is 19.1. The summed E-state index contributed by atoms with van der Waals surface area (Å²) in [6.45, 7) is 3.83. The molecule has 1 aliphatic heterocycles. The van der Waals surface area contributed by atoms with Crippen LogP contribution in [0.1, 0.15) is 16.7 Å². The zero-order valence-electron chi connectivity index (χ0n) is 17.7. The number of methoxy groups -OCH3 is 1. The molecule has 2 amide bonds. The summed E-state index contributed by atoms with van der Waals surface area (Å²) >= 11 is 0. The number of benzene rings is 3. The molecule has 0 bridgehead atoms. The highest BCUT2D eigenvalue weighted by molar-refractivity contribution is 6.46. The van der Waals surface area contributed by atoms with E-state index in [2.05, 4.69) is 5.32 Å². The summed E-state index contributed by atoms with van der Waals surface area (Å²) in [5, 5.41) is 3.00. The normalized spacial score (nSPS) is 13.7. The summed E-state index contributed by atoms with van der Waals surface area (Å²) in [4.78, 5) is 27.5. The second kappa shape index (κ2) is 8.26. The molecule has 162 valence electrons. The summed E-state index contributed by atoms with van der Waals surface area (Å²) in [6.07, 6.45) is 0. The maximum Gasteiger partial charge on any atom is 0.282 e. The number of ether oxygens (including phenoxy) is 1. The lowest BCUT2D eigenvalue weighted by molar-refractivity contribution is -0.120. The molecule has 7 heteroatoms. The minimum atomic E-state index is -1.01. The fourth-order valence-corrected chi connectivity index (χ4v) is 3.54. The van der Waals surface area contributed by atoms with E-state index in [9.17, 15) is 18.4 Å². The van der Waals surface area contributed by atoms with Crippen LogP contribution in [-0.2, 0) is 9.59 Å². The van der Waals surface area contributed by atoms with Gasteiger partial charge in [-0.25, -0.2) is 13.7 Å².